The number of para-hydroxylation sites is 1. The topological polar surface area (TPSA) is 53.6 Å². The minimum atomic E-state index is -1.47. The molecular formula is C22H15BO3. The van der Waals surface area contributed by atoms with Gasteiger partial charge in [0.2, 0.25) is 0 Å². The van der Waals surface area contributed by atoms with Crippen LogP contribution in [0.15, 0.2) is 83.3 Å². The molecule has 5 aromatic rings. The standard InChI is InChI=1S/C22H15BO3/c24-23(25)15-11-12-16-14(13-15)5-3-7-17(16)18-8-4-10-21-22(18)19-6-1-2-9-20(19)26-21/h1-13,24-25H. The lowest BCUT2D eigenvalue weighted by atomic mass is 9.79. The van der Waals surface area contributed by atoms with Crippen LogP contribution in [0.25, 0.3) is 43.8 Å². The third kappa shape index (κ3) is 2.24. The Morgan fingerprint density at radius 2 is 1.42 bits per heavy atom. The lowest BCUT2D eigenvalue weighted by Gasteiger charge is -2.10. The first-order chi connectivity index (χ1) is 12.7. The molecule has 124 valence electrons. The molecule has 1 aromatic heterocycles. The molecule has 0 saturated carbocycles. The third-order valence-corrected chi connectivity index (χ3v) is 4.90. The number of benzene rings is 4. The van der Waals surface area contributed by atoms with Crippen molar-refractivity contribution >= 4 is 45.3 Å². The summed E-state index contributed by atoms with van der Waals surface area (Å²) in [6, 6.07) is 25.7. The SMILES string of the molecule is OB(O)c1ccc2c(-c3cccc4oc5ccccc5c34)cccc2c1. The van der Waals surface area contributed by atoms with Crippen molar-refractivity contribution in [3.63, 3.8) is 0 Å². The summed E-state index contributed by atoms with van der Waals surface area (Å²) in [7, 11) is -1.47. The highest BCUT2D eigenvalue weighted by atomic mass is 16.4. The second-order valence-corrected chi connectivity index (χ2v) is 6.44. The fourth-order valence-corrected chi connectivity index (χ4v) is 3.70. The van der Waals surface area contributed by atoms with E-state index in [1.54, 1.807) is 6.07 Å². The quantitative estimate of drug-likeness (QED) is 0.477. The monoisotopic (exact) mass is 338 g/mol. The molecule has 0 aliphatic rings. The van der Waals surface area contributed by atoms with Gasteiger partial charge in [0.05, 0.1) is 0 Å². The predicted octanol–water partition coefficient (Wildman–Crippen LogP) is 4.09. The van der Waals surface area contributed by atoms with Crippen molar-refractivity contribution in [2.75, 3.05) is 0 Å². The summed E-state index contributed by atoms with van der Waals surface area (Å²) in [5, 5.41) is 23.1. The van der Waals surface area contributed by atoms with Crippen LogP contribution in [0.5, 0.6) is 0 Å². The van der Waals surface area contributed by atoms with Crippen LogP contribution in [-0.2, 0) is 0 Å². The molecular weight excluding hydrogens is 323 g/mol. The molecule has 0 aliphatic carbocycles. The number of rotatable bonds is 2. The Morgan fingerprint density at radius 3 is 2.31 bits per heavy atom. The van der Waals surface area contributed by atoms with Crippen molar-refractivity contribution in [2.45, 2.75) is 0 Å². The Hall–Kier alpha value is -3.08. The lowest BCUT2D eigenvalue weighted by Crippen LogP contribution is -2.29. The van der Waals surface area contributed by atoms with Crippen LogP contribution in [0.4, 0.5) is 0 Å². The van der Waals surface area contributed by atoms with Crippen molar-refractivity contribution in [1.29, 1.82) is 0 Å². The molecule has 0 radical (unpaired) electrons. The van der Waals surface area contributed by atoms with Gasteiger partial charge in [-0.1, -0.05) is 66.7 Å². The van der Waals surface area contributed by atoms with E-state index >= 15 is 0 Å². The van der Waals surface area contributed by atoms with Gasteiger partial charge in [-0.05, 0) is 39.5 Å². The number of fused-ring (bicyclic) bond motifs is 4. The van der Waals surface area contributed by atoms with Crippen LogP contribution in [0.3, 0.4) is 0 Å². The van der Waals surface area contributed by atoms with Gasteiger partial charge in [0.25, 0.3) is 0 Å². The molecule has 0 saturated heterocycles. The molecule has 0 aliphatic heterocycles. The molecule has 5 rings (SSSR count). The van der Waals surface area contributed by atoms with Gasteiger partial charge in [-0.15, -0.1) is 0 Å². The second kappa shape index (κ2) is 5.73. The predicted molar refractivity (Wildman–Crippen MR) is 106 cm³/mol. The first kappa shape index (κ1) is 15.2. The Labute approximate surface area is 150 Å². The van der Waals surface area contributed by atoms with Gasteiger partial charge in [-0.3, -0.25) is 0 Å². The van der Waals surface area contributed by atoms with E-state index < -0.39 is 7.12 Å². The highest BCUT2D eigenvalue weighted by Gasteiger charge is 2.15. The normalized spacial score (nSPS) is 11.5. The molecule has 4 heteroatoms. The lowest BCUT2D eigenvalue weighted by molar-refractivity contribution is 0.426. The summed E-state index contributed by atoms with van der Waals surface area (Å²) in [6.45, 7) is 0. The highest BCUT2D eigenvalue weighted by Crippen LogP contribution is 2.38. The molecule has 0 bridgehead atoms. The maximum absolute atomic E-state index is 9.44. The van der Waals surface area contributed by atoms with E-state index in [9.17, 15) is 10.0 Å². The highest BCUT2D eigenvalue weighted by molar-refractivity contribution is 6.59. The zero-order valence-corrected chi connectivity index (χ0v) is 13.9. The van der Waals surface area contributed by atoms with Crippen LogP contribution >= 0.6 is 0 Å². The summed E-state index contributed by atoms with van der Waals surface area (Å²) < 4.78 is 6.01. The fourth-order valence-electron chi connectivity index (χ4n) is 3.70. The van der Waals surface area contributed by atoms with Gasteiger partial charge in [-0.25, -0.2) is 0 Å². The van der Waals surface area contributed by atoms with Crippen LogP contribution in [0, 0.1) is 0 Å². The summed E-state index contributed by atoms with van der Waals surface area (Å²) >= 11 is 0. The van der Waals surface area contributed by atoms with Gasteiger partial charge in [0.1, 0.15) is 11.2 Å². The average molecular weight is 338 g/mol. The van der Waals surface area contributed by atoms with E-state index in [1.807, 2.05) is 54.6 Å². The van der Waals surface area contributed by atoms with Crippen molar-refractivity contribution in [2.24, 2.45) is 0 Å². The van der Waals surface area contributed by atoms with E-state index in [0.29, 0.717) is 5.46 Å². The summed E-state index contributed by atoms with van der Waals surface area (Å²) in [5.41, 5.74) is 4.43. The van der Waals surface area contributed by atoms with Crippen molar-refractivity contribution < 1.29 is 14.5 Å². The molecule has 26 heavy (non-hydrogen) atoms. The van der Waals surface area contributed by atoms with Gasteiger partial charge >= 0.3 is 7.12 Å². The molecule has 0 unspecified atom stereocenters. The van der Waals surface area contributed by atoms with E-state index in [2.05, 4.69) is 18.2 Å². The maximum Gasteiger partial charge on any atom is 0.488 e. The minimum Gasteiger partial charge on any atom is -0.456 e. The molecule has 4 aromatic carbocycles. The van der Waals surface area contributed by atoms with Gasteiger partial charge in [-0.2, -0.15) is 0 Å². The Morgan fingerprint density at radius 1 is 0.654 bits per heavy atom. The maximum atomic E-state index is 9.44. The summed E-state index contributed by atoms with van der Waals surface area (Å²) in [6.07, 6.45) is 0. The van der Waals surface area contributed by atoms with E-state index in [4.69, 9.17) is 4.42 Å². The van der Waals surface area contributed by atoms with Crippen molar-refractivity contribution in [3.05, 3.63) is 78.9 Å². The molecule has 0 spiro atoms. The number of hydrogen-bond donors (Lipinski definition) is 2. The first-order valence-electron chi connectivity index (χ1n) is 8.52. The van der Waals surface area contributed by atoms with Crippen molar-refractivity contribution in [1.82, 2.24) is 0 Å². The first-order valence-corrected chi connectivity index (χ1v) is 8.52. The average Bonchev–Trinajstić information content (AvgIpc) is 3.06. The summed E-state index contributed by atoms with van der Waals surface area (Å²) in [4.78, 5) is 0. The smallest absolute Gasteiger partial charge is 0.456 e. The number of furan rings is 1. The number of hydrogen-bond acceptors (Lipinski definition) is 3. The zero-order valence-electron chi connectivity index (χ0n) is 13.9. The van der Waals surface area contributed by atoms with E-state index in [-0.39, 0.29) is 0 Å². The minimum absolute atomic E-state index is 0.488. The van der Waals surface area contributed by atoms with Crippen LogP contribution in [0.2, 0.25) is 0 Å². The van der Waals surface area contributed by atoms with Crippen LogP contribution < -0.4 is 5.46 Å². The van der Waals surface area contributed by atoms with Crippen LogP contribution in [-0.4, -0.2) is 17.2 Å². The Balaban J connectivity index is 1.86. The molecule has 3 nitrogen and oxygen atoms in total. The zero-order chi connectivity index (χ0) is 17.7. The van der Waals surface area contributed by atoms with Crippen LogP contribution in [0.1, 0.15) is 0 Å². The molecule has 2 N–H and O–H groups in total. The van der Waals surface area contributed by atoms with Gasteiger partial charge < -0.3 is 14.5 Å². The van der Waals surface area contributed by atoms with E-state index in [0.717, 1.165) is 43.8 Å². The van der Waals surface area contributed by atoms with E-state index in [1.165, 1.54) is 0 Å². The molecule has 1 heterocycles. The largest absolute Gasteiger partial charge is 0.488 e. The fraction of sp³-hybridized carbons (Fsp3) is 0. The Kier molecular flexibility index (Phi) is 3.35. The Bertz CT molecular complexity index is 1270. The third-order valence-electron chi connectivity index (χ3n) is 4.90. The van der Waals surface area contributed by atoms with Gasteiger partial charge in [0, 0.05) is 10.8 Å². The molecule has 0 atom stereocenters. The summed E-state index contributed by atoms with van der Waals surface area (Å²) in [5.74, 6) is 0. The van der Waals surface area contributed by atoms with Crippen molar-refractivity contribution in [3.8, 4) is 11.1 Å². The molecule has 0 amide bonds. The molecule has 0 fully saturated rings. The second-order valence-electron chi connectivity index (χ2n) is 6.44. The van der Waals surface area contributed by atoms with Gasteiger partial charge in [0.15, 0.2) is 0 Å².